The summed E-state index contributed by atoms with van der Waals surface area (Å²) in [5.74, 6) is 0.375. The fourth-order valence-corrected chi connectivity index (χ4v) is 6.79. The van der Waals surface area contributed by atoms with Gasteiger partial charge in [-0.1, -0.05) is 96.8 Å². The highest BCUT2D eigenvalue weighted by Gasteiger charge is 2.62. The van der Waals surface area contributed by atoms with Crippen LogP contribution in [0.2, 0.25) is 0 Å². The summed E-state index contributed by atoms with van der Waals surface area (Å²) in [5, 5.41) is 13.4. The van der Waals surface area contributed by atoms with Crippen molar-refractivity contribution in [1.29, 1.82) is 0 Å². The van der Waals surface area contributed by atoms with E-state index in [0.717, 1.165) is 38.8 Å². The molecular formula is C37H63N7O6. The highest BCUT2D eigenvalue weighted by Crippen LogP contribution is 2.46. The summed E-state index contributed by atoms with van der Waals surface area (Å²) in [4.78, 5) is 37.1. The van der Waals surface area contributed by atoms with Gasteiger partial charge in [0.2, 0.25) is 0 Å². The van der Waals surface area contributed by atoms with Crippen LogP contribution in [0.3, 0.4) is 0 Å². The van der Waals surface area contributed by atoms with Crippen molar-refractivity contribution < 1.29 is 28.9 Å². The van der Waals surface area contributed by atoms with E-state index < -0.39 is 24.0 Å². The van der Waals surface area contributed by atoms with Crippen LogP contribution in [-0.2, 0) is 23.8 Å². The van der Waals surface area contributed by atoms with Crippen molar-refractivity contribution in [3.8, 4) is 0 Å². The van der Waals surface area contributed by atoms with Gasteiger partial charge in [0.15, 0.2) is 23.2 Å². The number of nitrogens with zero attached hydrogens (tertiary/aromatic N) is 7. The molecule has 4 rings (SSSR count). The number of unbranched alkanes of at least 4 members (excludes halogenated alkanes) is 15. The van der Waals surface area contributed by atoms with E-state index in [2.05, 4.69) is 31.9 Å². The number of hydroxylamine groups is 2. The smallest absolute Gasteiger partial charge is 0.305 e. The lowest BCUT2D eigenvalue weighted by atomic mass is 10.0. The minimum absolute atomic E-state index is 0.0940. The van der Waals surface area contributed by atoms with Gasteiger partial charge in [-0.25, -0.2) is 19.9 Å². The minimum atomic E-state index is -0.961. The Balaban J connectivity index is 1.17. The highest BCUT2D eigenvalue weighted by atomic mass is 16.7. The average molecular weight is 702 g/mol. The van der Waals surface area contributed by atoms with Crippen molar-refractivity contribution in [3.63, 3.8) is 0 Å². The van der Waals surface area contributed by atoms with Gasteiger partial charge >= 0.3 is 5.97 Å². The van der Waals surface area contributed by atoms with Gasteiger partial charge in [-0.3, -0.25) is 14.2 Å². The average Bonchev–Trinajstić information content (AvgIpc) is 3.78. The molecule has 0 aliphatic carbocycles. The third kappa shape index (κ3) is 11.9. The molecule has 13 heteroatoms. The lowest BCUT2D eigenvalue weighted by molar-refractivity contribution is -0.244. The number of esters is 1. The van der Waals surface area contributed by atoms with Crippen LogP contribution in [0.15, 0.2) is 17.6 Å². The molecule has 2 aromatic rings. The van der Waals surface area contributed by atoms with Crippen molar-refractivity contribution >= 4 is 29.3 Å². The lowest BCUT2D eigenvalue weighted by Gasteiger charge is -2.33. The predicted octanol–water partition coefficient (Wildman–Crippen LogP) is 6.52. The number of hydrogen-bond donors (Lipinski definition) is 1. The van der Waals surface area contributed by atoms with Crippen LogP contribution in [0, 0.1) is 0 Å². The molecule has 2 aliphatic rings. The van der Waals surface area contributed by atoms with Gasteiger partial charge in [0.25, 0.3) is 0 Å². The second-order valence-electron chi connectivity index (χ2n) is 14.2. The second kappa shape index (κ2) is 21.6. The van der Waals surface area contributed by atoms with Gasteiger partial charge < -0.3 is 24.2 Å². The summed E-state index contributed by atoms with van der Waals surface area (Å²) in [5.41, 5.74) is 0.178. The van der Waals surface area contributed by atoms with E-state index in [9.17, 15) is 9.90 Å². The molecule has 0 amide bonds. The van der Waals surface area contributed by atoms with E-state index >= 15 is 0 Å². The van der Waals surface area contributed by atoms with E-state index in [0.29, 0.717) is 23.4 Å². The van der Waals surface area contributed by atoms with Gasteiger partial charge in [-0.15, -0.1) is 0 Å². The van der Waals surface area contributed by atoms with Crippen molar-refractivity contribution in [1.82, 2.24) is 29.5 Å². The van der Waals surface area contributed by atoms with Crippen molar-refractivity contribution in [2.75, 3.05) is 47.5 Å². The van der Waals surface area contributed by atoms with Crippen LogP contribution in [0.25, 0.3) is 11.2 Å². The number of hydrogen-bond acceptors (Lipinski definition) is 11. The van der Waals surface area contributed by atoms with Crippen LogP contribution in [-0.4, -0.2) is 112 Å². The van der Waals surface area contributed by atoms with Crippen LogP contribution >= 0.6 is 0 Å². The number of aliphatic imine (C=N–C) groups is 1. The van der Waals surface area contributed by atoms with E-state index in [1.165, 1.54) is 96.9 Å². The maximum atomic E-state index is 11.4. The molecule has 2 aliphatic heterocycles. The fourth-order valence-electron chi connectivity index (χ4n) is 6.79. The molecule has 1 unspecified atom stereocenters. The van der Waals surface area contributed by atoms with E-state index in [-0.39, 0.29) is 19.2 Å². The summed E-state index contributed by atoms with van der Waals surface area (Å²) in [6.07, 6.45) is 24.0. The zero-order valence-corrected chi connectivity index (χ0v) is 31.1. The zero-order chi connectivity index (χ0) is 35.6. The highest BCUT2D eigenvalue weighted by molar-refractivity contribution is 5.83. The summed E-state index contributed by atoms with van der Waals surface area (Å²) >= 11 is 0. The Kier molecular flexibility index (Phi) is 17.3. The molecule has 0 saturated carbocycles. The Hall–Kier alpha value is -2.71. The molecular weight excluding hydrogens is 638 g/mol. The number of aliphatic hydroxyl groups excluding tert-OH is 1. The molecule has 2 bridgehead atoms. The van der Waals surface area contributed by atoms with E-state index in [1.54, 1.807) is 17.2 Å². The standard InChI is InChI=1S/C37H63N7O6/c1-5-6-7-20-23-43(24-21-18-16-14-12-10-8-9-11-13-15-17-19-22-30(45)47-4)49-26-37-25-48-32(33(37)46)36(50-37)44-29-40-31-34(41-28-42(2)3)38-27-39-35(31)44/h27-29,32-33,36,46H,5-26H2,1-4H3/b41-28-/t32-,33?,36+,37+/m0/s1. The molecule has 282 valence electrons. The van der Waals surface area contributed by atoms with Crippen molar-refractivity contribution in [2.45, 2.75) is 147 Å². The van der Waals surface area contributed by atoms with Gasteiger partial charge in [0, 0.05) is 33.6 Å². The molecule has 0 radical (unpaired) electrons. The Morgan fingerprint density at radius 1 is 0.960 bits per heavy atom. The monoisotopic (exact) mass is 701 g/mol. The number of rotatable bonds is 27. The molecule has 1 N–H and O–H groups in total. The molecule has 4 atom stereocenters. The fraction of sp³-hybridized carbons (Fsp3) is 0.811. The Morgan fingerprint density at radius 2 is 1.58 bits per heavy atom. The number of aliphatic hydroxyl groups is 1. The minimum Gasteiger partial charge on any atom is -0.469 e. The SMILES string of the molecule is CCCCCCN(CCCCCCCCCCCCCCCC(=O)OC)OC[C@]12CO[C@@H](C1O)[C@H](n1cnc3c(/N=C\N(C)C)ncnc31)O2. The van der Waals surface area contributed by atoms with E-state index in [4.69, 9.17) is 19.0 Å². The quantitative estimate of drug-likeness (QED) is 0.0358. The summed E-state index contributed by atoms with van der Waals surface area (Å²) < 4.78 is 19.1. The molecule has 2 saturated heterocycles. The number of aromatic nitrogens is 4. The third-order valence-electron chi connectivity index (χ3n) is 9.80. The zero-order valence-electron chi connectivity index (χ0n) is 31.1. The first-order valence-corrected chi connectivity index (χ1v) is 19.2. The number of ether oxygens (including phenoxy) is 3. The number of fused-ring (bicyclic) bond motifs is 3. The first-order chi connectivity index (χ1) is 24.4. The normalized spacial score (nSPS) is 21.7. The Morgan fingerprint density at radius 3 is 2.20 bits per heavy atom. The second-order valence-corrected chi connectivity index (χ2v) is 14.2. The summed E-state index contributed by atoms with van der Waals surface area (Å²) in [6, 6.07) is 0. The summed E-state index contributed by atoms with van der Waals surface area (Å²) in [6.45, 7) is 4.46. The number of imidazole rings is 1. The van der Waals surface area contributed by atoms with Crippen LogP contribution in [0.1, 0.15) is 129 Å². The van der Waals surface area contributed by atoms with Crippen molar-refractivity contribution in [3.05, 3.63) is 12.7 Å². The van der Waals surface area contributed by atoms with Gasteiger partial charge in [0.05, 0.1) is 26.4 Å². The Bertz CT molecular complexity index is 1290. The lowest BCUT2D eigenvalue weighted by Crippen LogP contribution is -2.47. The molecule has 0 spiro atoms. The number of carbonyl (C=O) groups is 1. The number of methoxy groups -OCH3 is 1. The van der Waals surface area contributed by atoms with Crippen LogP contribution in [0.5, 0.6) is 0 Å². The van der Waals surface area contributed by atoms with Crippen LogP contribution in [0.4, 0.5) is 5.82 Å². The first-order valence-electron chi connectivity index (χ1n) is 19.2. The first kappa shape index (κ1) is 40.1. The van der Waals surface area contributed by atoms with Gasteiger partial charge in [-0.05, 0) is 19.3 Å². The maximum Gasteiger partial charge on any atom is 0.305 e. The van der Waals surface area contributed by atoms with Gasteiger partial charge in [0.1, 0.15) is 30.7 Å². The van der Waals surface area contributed by atoms with Gasteiger partial charge in [-0.2, -0.15) is 5.06 Å². The maximum absolute atomic E-state index is 11.4. The summed E-state index contributed by atoms with van der Waals surface area (Å²) in [7, 11) is 5.24. The largest absolute Gasteiger partial charge is 0.469 e. The molecule has 4 heterocycles. The topological polar surface area (TPSA) is 137 Å². The molecule has 0 aromatic carbocycles. The van der Waals surface area contributed by atoms with E-state index in [1.807, 2.05) is 19.0 Å². The molecule has 13 nitrogen and oxygen atoms in total. The third-order valence-corrected chi connectivity index (χ3v) is 9.80. The van der Waals surface area contributed by atoms with Crippen molar-refractivity contribution in [2.24, 2.45) is 4.99 Å². The molecule has 50 heavy (non-hydrogen) atoms. The molecule has 2 fully saturated rings. The number of carbonyl (C=O) groups excluding carboxylic acids is 1. The Labute approximate surface area is 299 Å². The molecule has 2 aromatic heterocycles. The predicted molar refractivity (Wildman–Crippen MR) is 194 cm³/mol. The van der Waals surface area contributed by atoms with Crippen LogP contribution < -0.4 is 0 Å².